The lowest BCUT2D eigenvalue weighted by Crippen LogP contribution is -2.44. The van der Waals surface area contributed by atoms with E-state index < -0.39 is 32.6 Å². The zero-order valence-corrected chi connectivity index (χ0v) is 21.4. The highest BCUT2D eigenvalue weighted by atomic mass is 32.2. The Bertz CT molecular complexity index is 1430. The van der Waals surface area contributed by atoms with E-state index in [4.69, 9.17) is 0 Å². The van der Waals surface area contributed by atoms with Crippen LogP contribution < -0.4 is 10.2 Å². The number of amides is 1. The minimum absolute atomic E-state index is 0.0230. The fourth-order valence-electron chi connectivity index (χ4n) is 4.71. The van der Waals surface area contributed by atoms with Crippen molar-refractivity contribution >= 4 is 27.4 Å². The number of carbonyl (C=O) groups excluding carboxylic acids is 1. The largest absolute Gasteiger partial charge is 0.417 e. The van der Waals surface area contributed by atoms with Gasteiger partial charge in [0.25, 0.3) is 5.91 Å². The summed E-state index contributed by atoms with van der Waals surface area (Å²) in [5.41, 5.74) is 1.25. The molecular weight excluding hydrogens is 521 g/mol. The maximum atomic E-state index is 13.5. The number of aromatic amines is 1. The van der Waals surface area contributed by atoms with Crippen LogP contribution in [0.15, 0.2) is 53.4 Å². The second-order valence-electron chi connectivity index (χ2n) is 9.40. The van der Waals surface area contributed by atoms with E-state index in [0.717, 1.165) is 54.4 Å². The summed E-state index contributed by atoms with van der Waals surface area (Å²) in [4.78, 5) is 16.6. The molecule has 1 aromatic heterocycles. The van der Waals surface area contributed by atoms with Crippen molar-refractivity contribution in [1.29, 1.82) is 0 Å². The molecule has 38 heavy (non-hydrogen) atoms. The van der Waals surface area contributed by atoms with Gasteiger partial charge in [-0.3, -0.25) is 9.89 Å². The van der Waals surface area contributed by atoms with E-state index in [0.29, 0.717) is 16.8 Å². The number of nitrogens with one attached hydrogen (secondary N) is 2. The van der Waals surface area contributed by atoms with Crippen LogP contribution in [0.25, 0.3) is 0 Å². The van der Waals surface area contributed by atoms with Gasteiger partial charge >= 0.3 is 6.18 Å². The summed E-state index contributed by atoms with van der Waals surface area (Å²) in [5, 5.41) is 9.66. The van der Waals surface area contributed by atoms with E-state index in [1.807, 2.05) is 12.1 Å². The van der Waals surface area contributed by atoms with Crippen molar-refractivity contribution in [2.45, 2.75) is 24.0 Å². The smallest absolute Gasteiger partial charge is 0.369 e. The highest BCUT2D eigenvalue weighted by Gasteiger charge is 2.40. The zero-order chi connectivity index (χ0) is 27.1. The number of piperazine rings is 1. The topological polar surface area (TPSA) is 102 Å². The molecule has 1 saturated heterocycles. The molecule has 0 bridgehead atoms. The first kappa shape index (κ1) is 26.2. The monoisotopic (exact) mass is 548 g/mol. The standard InChI is InChI=1S/C25H27F3N6O3S/c1-32-12-14-33(15-13-32)18-8-6-17(7-9-18)24(35)29-23-19-16-34(11-10-21(19)30-31-23)38(36,37)22-5-3-2-4-20(22)25(26,27)28/h2-9H,10-16H2,1H3,(H2,29,30,31,35). The number of benzene rings is 2. The zero-order valence-electron chi connectivity index (χ0n) is 20.6. The normalized spacial score (nSPS) is 17.3. The Morgan fingerprint density at radius 1 is 1.00 bits per heavy atom. The Hall–Kier alpha value is -3.42. The molecule has 2 N–H and O–H groups in total. The van der Waals surface area contributed by atoms with Gasteiger partial charge in [-0.2, -0.15) is 22.6 Å². The average Bonchev–Trinajstić information content (AvgIpc) is 3.30. The third-order valence-corrected chi connectivity index (χ3v) is 8.84. The first-order chi connectivity index (χ1) is 18.0. The lowest BCUT2D eigenvalue weighted by molar-refractivity contribution is -0.139. The van der Waals surface area contributed by atoms with E-state index >= 15 is 0 Å². The molecule has 3 heterocycles. The number of sulfonamides is 1. The second kappa shape index (κ2) is 10.0. The van der Waals surface area contributed by atoms with Crippen molar-refractivity contribution in [1.82, 2.24) is 19.4 Å². The predicted octanol–water partition coefficient (Wildman–Crippen LogP) is 3.18. The van der Waals surface area contributed by atoms with Crippen LogP contribution in [0.3, 0.4) is 0 Å². The summed E-state index contributed by atoms with van der Waals surface area (Å²) in [6.45, 7) is 3.47. The molecule has 0 aliphatic carbocycles. The number of carbonyl (C=O) groups is 1. The van der Waals surface area contributed by atoms with Crippen molar-refractivity contribution in [3.05, 3.63) is 70.9 Å². The maximum Gasteiger partial charge on any atom is 0.417 e. The van der Waals surface area contributed by atoms with Crippen LogP contribution in [-0.2, 0) is 29.2 Å². The van der Waals surface area contributed by atoms with E-state index in [9.17, 15) is 26.4 Å². The van der Waals surface area contributed by atoms with Gasteiger partial charge in [-0.15, -0.1) is 0 Å². The van der Waals surface area contributed by atoms with Crippen LogP contribution in [0, 0.1) is 0 Å². The fraction of sp³-hybridized carbons (Fsp3) is 0.360. The summed E-state index contributed by atoms with van der Waals surface area (Å²) in [6, 6.07) is 11.3. The van der Waals surface area contributed by atoms with Crippen LogP contribution in [-0.4, -0.2) is 73.5 Å². The SMILES string of the molecule is CN1CCN(c2ccc(C(=O)Nc3n[nH]c4c3CN(S(=O)(=O)c3ccccc3C(F)(F)F)CC4)cc2)CC1. The van der Waals surface area contributed by atoms with Gasteiger partial charge in [0.05, 0.1) is 10.5 Å². The Morgan fingerprint density at radius 2 is 1.68 bits per heavy atom. The summed E-state index contributed by atoms with van der Waals surface area (Å²) < 4.78 is 67.9. The number of fused-ring (bicyclic) bond motifs is 1. The number of aromatic nitrogens is 2. The molecule has 2 aromatic carbocycles. The molecule has 2 aliphatic rings. The number of hydrogen-bond donors (Lipinski definition) is 2. The highest BCUT2D eigenvalue weighted by molar-refractivity contribution is 7.89. The molecule has 0 unspecified atom stereocenters. The number of likely N-dealkylation sites (N-methyl/N-ethyl adjacent to an activating group) is 1. The number of nitrogens with zero attached hydrogens (tertiary/aromatic N) is 4. The predicted molar refractivity (Wildman–Crippen MR) is 135 cm³/mol. The van der Waals surface area contributed by atoms with E-state index in [-0.39, 0.29) is 25.3 Å². The van der Waals surface area contributed by atoms with Gasteiger partial charge < -0.3 is 15.1 Å². The number of H-pyrrole nitrogens is 1. The Labute approximate surface area is 218 Å². The third-order valence-electron chi connectivity index (χ3n) is 6.94. The summed E-state index contributed by atoms with van der Waals surface area (Å²) in [7, 11) is -2.38. The number of anilines is 2. The van der Waals surface area contributed by atoms with Crippen LogP contribution >= 0.6 is 0 Å². The van der Waals surface area contributed by atoms with Gasteiger partial charge in [0.1, 0.15) is 0 Å². The number of alkyl halides is 3. The molecule has 13 heteroatoms. The van der Waals surface area contributed by atoms with Crippen molar-refractivity contribution in [3.63, 3.8) is 0 Å². The molecule has 0 spiro atoms. The van der Waals surface area contributed by atoms with Gasteiger partial charge in [-0.1, -0.05) is 12.1 Å². The van der Waals surface area contributed by atoms with Crippen LogP contribution in [0.4, 0.5) is 24.7 Å². The highest BCUT2D eigenvalue weighted by Crippen LogP contribution is 2.36. The third kappa shape index (κ3) is 5.13. The summed E-state index contributed by atoms with van der Waals surface area (Å²) in [5.74, 6) is -0.274. The number of halogens is 3. The fourth-order valence-corrected chi connectivity index (χ4v) is 6.33. The van der Waals surface area contributed by atoms with Gasteiger partial charge in [0.15, 0.2) is 5.82 Å². The minimum atomic E-state index is -4.82. The van der Waals surface area contributed by atoms with E-state index in [1.165, 1.54) is 6.07 Å². The van der Waals surface area contributed by atoms with Crippen LogP contribution in [0.2, 0.25) is 0 Å². The molecule has 5 rings (SSSR count). The molecule has 9 nitrogen and oxygen atoms in total. The van der Waals surface area contributed by atoms with E-state index in [2.05, 4.69) is 32.4 Å². The van der Waals surface area contributed by atoms with Crippen LogP contribution in [0.1, 0.15) is 27.2 Å². The second-order valence-corrected chi connectivity index (χ2v) is 11.3. The van der Waals surface area contributed by atoms with Gasteiger partial charge in [-0.05, 0) is 43.4 Å². The quantitative estimate of drug-likeness (QED) is 0.508. The molecule has 1 fully saturated rings. The number of hydrogen-bond acceptors (Lipinski definition) is 6. The molecule has 0 atom stereocenters. The van der Waals surface area contributed by atoms with Gasteiger partial charge in [-0.25, -0.2) is 8.42 Å². The minimum Gasteiger partial charge on any atom is -0.369 e. The first-order valence-corrected chi connectivity index (χ1v) is 13.6. The summed E-state index contributed by atoms with van der Waals surface area (Å²) >= 11 is 0. The molecule has 0 saturated carbocycles. The molecule has 202 valence electrons. The maximum absolute atomic E-state index is 13.5. The number of rotatable bonds is 5. The lowest BCUT2D eigenvalue weighted by atomic mass is 10.1. The molecular formula is C25H27F3N6O3S. The Morgan fingerprint density at radius 3 is 2.37 bits per heavy atom. The molecule has 0 radical (unpaired) electrons. The van der Waals surface area contributed by atoms with Crippen molar-refractivity contribution < 1.29 is 26.4 Å². The molecule has 3 aromatic rings. The van der Waals surface area contributed by atoms with Gasteiger partial charge in [0, 0.05) is 68.2 Å². The van der Waals surface area contributed by atoms with Crippen LogP contribution in [0.5, 0.6) is 0 Å². The Balaban J connectivity index is 1.32. The lowest BCUT2D eigenvalue weighted by Gasteiger charge is -2.34. The molecule has 1 amide bonds. The van der Waals surface area contributed by atoms with Crippen molar-refractivity contribution in [3.8, 4) is 0 Å². The summed E-state index contributed by atoms with van der Waals surface area (Å²) in [6.07, 6.45) is -4.61. The van der Waals surface area contributed by atoms with Crippen molar-refractivity contribution in [2.24, 2.45) is 0 Å². The average molecular weight is 549 g/mol. The molecule has 2 aliphatic heterocycles. The van der Waals surface area contributed by atoms with Gasteiger partial charge in [0.2, 0.25) is 10.0 Å². The van der Waals surface area contributed by atoms with E-state index in [1.54, 1.807) is 12.1 Å². The first-order valence-electron chi connectivity index (χ1n) is 12.1. The Kier molecular flexibility index (Phi) is 6.92. The van der Waals surface area contributed by atoms with Crippen molar-refractivity contribution in [2.75, 3.05) is 50.0 Å².